The number of aliphatic imine (C=N–C) groups is 1. The van der Waals surface area contributed by atoms with E-state index in [1.807, 2.05) is 0 Å². The van der Waals surface area contributed by atoms with E-state index in [1.54, 1.807) is 27.7 Å². The molecule has 0 heterocycles. The van der Waals surface area contributed by atoms with Crippen LogP contribution in [0.4, 0.5) is 14.9 Å². The lowest BCUT2D eigenvalue weighted by atomic mass is 10.0. The van der Waals surface area contributed by atoms with Crippen molar-refractivity contribution in [3.63, 3.8) is 0 Å². The maximum absolute atomic E-state index is 14.0. The Kier molecular flexibility index (Phi) is 6.64. The van der Waals surface area contributed by atoms with Crippen LogP contribution in [0.15, 0.2) is 23.2 Å². The van der Waals surface area contributed by atoms with Crippen molar-refractivity contribution in [2.45, 2.75) is 57.8 Å². The number of ether oxygens (including phenoxy) is 1. The monoisotopic (exact) mass is 401 g/mol. The van der Waals surface area contributed by atoms with E-state index in [1.165, 1.54) is 32.0 Å². The summed E-state index contributed by atoms with van der Waals surface area (Å²) in [6.07, 6.45) is -0.974. The average molecular weight is 402 g/mol. The van der Waals surface area contributed by atoms with Crippen molar-refractivity contribution < 1.29 is 22.3 Å². The van der Waals surface area contributed by atoms with Gasteiger partial charge in [0.15, 0.2) is 9.84 Å². The lowest BCUT2D eigenvalue weighted by Crippen LogP contribution is -2.47. The number of nitrogen functional groups attached to an aromatic ring is 1. The van der Waals surface area contributed by atoms with Crippen molar-refractivity contribution in [1.82, 2.24) is 0 Å². The molecule has 1 aromatic rings. The minimum atomic E-state index is -3.90. The molecule has 152 valence electrons. The van der Waals surface area contributed by atoms with Crippen LogP contribution in [-0.2, 0) is 14.6 Å². The maximum Gasteiger partial charge on any atom is 0.435 e. The van der Waals surface area contributed by atoms with Crippen LogP contribution in [0, 0.1) is 5.82 Å². The molecular formula is C18H28FN3O4S. The van der Waals surface area contributed by atoms with E-state index in [-0.39, 0.29) is 5.56 Å². The molecule has 0 aromatic heterocycles. The number of sulfone groups is 1. The van der Waals surface area contributed by atoms with Gasteiger partial charge >= 0.3 is 6.09 Å². The van der Waals surface area contributed by atoms with Crippen molar-refractivity contribution in [1.29, 1.82) is 0 Å². The van der Waals surface area contributed by atoms with Gasteiger partial charge in [-0.1, -0.05) is 6.92 Å². The Labute approximate surface area is 159 Å². The molecule has 27 heavy (non-hydrogen) atoms. The topological polar surface area (TPSA) is 125 Å². The fourth-order valence-electron chi connectivity index (χ4n) is 2.24. The third kappa shape index (κ3) is 5.92. The van der Waals surface area contributed by atoms with Gasteiger partial charge < -0.3 is 16.2 Å². The van der Waals surface area contributed by atoms with Crippen LogP contribution in [0.1, 0.15) is 53.0 Å². The predicted octanol–water partition coefficient (Wildman–Crippen LogP) is 3.00. The Balaban J connectivity index is 3.10. The number of halogens is 1. The highest BCUT2D eigenvalue weighted by Crippen LogP contribution is 2.28. The first-order valence-electron chi connectivity index (χ1n) is 8.41. The number of hydrogen-bond acceptors (Lipinski definition) is 5. The Morgan fingerprint density at radius 3 is 2.33 bits per heavy atom. The van der Waals surface area contributed by atoms with Gasteiger partial charge in [-0.2, -0.15) is 4.99 Å². The molecule has 0 radical (unpaired) electrons. The zero-order chi connectivity index (χ0) is 21.2. The van der Waals surface area contributed by atoms with E-state index in [9.17, 15) is 17.6 Å². The van der Waals surface area contributed by atoms with Gasteiger partial charge in [0.2, 0.25) is 0 Å². The number of benzene rings is 1. The number of amidine groups is 1. The molecule has 0 saturated carbocycles. The standard InChI is InChI=1S/C18H28FN3O4S/c1-11(13-9-12(20)7-8-14(13)19)10-27(24,25)18(5,6)15(21)22-16(23)26-17(2,3)4/h7-9,11H,10,20H2,1-6H3,(H2,21,22,23). The Hall–Kier alpha value is -2.16. The van der Waals surface area contributed by atoms with Crippen molar-refractivity contribution in [3.05, 3.63) is 29.6 Å². The average Bonchev–Trinajstić information content (AvgIpc) is 2.46. The van der Waals surface area contributed by atoms with E-state index < -0.39 is 49.6 Å². The number of nitrogens with two attached hydrogens (primary N) is 2. The largest absolute Gasteiger partial charge is 0.442 e. The number of hydrogen-bond donors (Lipinski definition) is 2. The number of anilines is 1. The first-order chi connectivity index (χ1) is 12.1. The number of carbonyl (C=O) groups is 1. The molecule has 1 amide bonds. The molecule has 0 saturated heterocycles. The summed E-state index contributed by atoms with van der Waals surface area (Å²) in [5.41, 5.74) is 11.2. The smallest absolute Gasteiger partial charge is 0.435 e. The summed E-state index contributed by atoms with van der Waals surface area (Å²) in [5, 5.41) is 0. The third-order valence-electron chi connectivity index (χ3n) is 4.02. The second-order valence-corrected chi connectivity index (χ2v) is 10.5. The SMILES string of the molecule is CC(CS(=O)(=O)C(C)(C)C(N)=NC(=O)OC(C)(C)C)c1cc(N)ccc1F. The Bertz CT molecular complexity index is 843. The van der Waals surface area contributed by atoms with E-state index in [0.717, 1.165) is 0 Å². The second kappa shape index (κ2) is 7.84. The Morgan fingerprint density at radius 2 is 1.81 bits per heavy atom. The second-order valence-electron chi connectivity index (χ2n) is 7.95. The summed E-state index contributed by atoms with van der Waals surface area (Å²) in [6, 6.07) is 3.99. The van der Waals surface area contributed by atoms with E-state index in [2.05, 4.69) is 4.99 Å². The number of rotatable bonds is 5. The summed E-state index contributed by atoms with van der Waals surface area (Å²) in [7, 11) is -3.90. The molecule has 0 aliphatic rings. The highest BCUT2D eigenvalue weighted by molar-refractivity contribution is 7.93. The minimum absolute atomic E-state index is 0.192. The van der Waals surface area contributed by atoms with Crippen LogP contribution >= 0.6 is 0 Å². The van der Waals surface area contributed by atoms with Crippen molar-refractivity contribution >= 4 is 27.5 Å². The number of amides is 1. The molecule has 9 heteroatoms. The van der Waals surface area contributed by atoms with Gasteiger partial charge in [0.1, 0.15) is 22.0 Å². The first-order valence-corrected chi connectivity index (χ1v) is 10.1. The molecular weight excluding hydrogens is 373 g/mol. The lowest BCUT2D eigenvalue weighted by molar-refractivity contribution is 0.0603. The lowest BCUT2D eigenvalue weighted by Gasteiger charge is -2.26. The van der Waals surface area contributed by atoms with Crippen LogP contribution in [0.25, 0.3) is 0 Å². The van der Waals surface area contributed by atoms with Gasteiger partial charge in [0.05, 0.1) is 5.75 Å². The zero-order valence-electron chi connectivity index (χ0n) is 16.5. The predicted molar refractivity (Wildman–Crippen MR) is 105 cm³/mol. The molecule has 1 unspecified atom stereocenters. The fraction of sp³-hybridized carbons (Fsp3) is 0.556. The van der Waals surface area contributed by atoms with Gasteiger partial charge in [-0.05, 0) is 64.3 Å². The summed E-state index contributed by atoms with van der Waals surface area (Å²) in [6.45, 7) is 9.22. The number of carbonyl (C=O) groups excluding carboxylic acids is 1. The summed E-state index contributed by atoms with van der Waals surface area (Å²) >= 11 is 0. The van der Waals surface area contributed by atoms with Crippen LogP contribution in [-0.4, -0.2) is 36.4 Å². The minimum Gasteiger partial charge on any atom is -0.442 e. The van der Waals surface area contributed by atoms with Crippen LogP contribution < -0.4 is 11.5 Å². The molecule has 1 rings (SSSR count). The van der Waals surface area contributed by atoms with E-state index in [0.29, 0.717) is 5.69 Å². The molecule has 0 aliphatic heterocycles. The molecule has 0 fully saturated rings. The van der Waals surface area contributed by atoms with Gasteiger partial charge in [-0.25, -0.2) is 17.6 Å². The van der Waals surface area contributed by atoms with Gasteiger partial charge in [-0.15, -0.1) is 0 Å². The van der Waals surface area contributed by atoms with Crippen molar-refractivity contribution in [2.24, 2.45) is 10.7 Å². The van der Waals surface area contributed by atoms with Crippen molar-refractivity contribution in [3.8, 4) is 0 Å². The quantitative estimate of drug-likeness (QED) is 0.444. The van der Waals surface area contributed by atoms with Crippen molar-refractivity contribution in [2.75, 3.05) is 11.5 Å². The molecule has 0 aliphatic carbocycles. The molecule has 4 N–H and O–H groups in total. The van der Waals surface area contributed by atoms with Gasteiger partial charge in [0, 0.05) is 5.69 Å². The molecule has 0 spiro atoms. The zero-order valence-corrected chi connectivity index (χ0v) is 17.4. The molecule has 1 atom stereocenters. The van der Waals surface area contributed by atoms with E-state index in [4.69, 9.17) is 16.2 Å². The molecule has 7 nitrogen and oxygen atoms in total. The first kappa shape index (κ1) is 22.9. The number of nitrogens with zero attached hydrogens (tertiary/aromatic N) is 1. The van der Waals surface area contributed by atoms with Gasteiger partial charge in [-0.3, -0.25) is 0 Å². The molecule has 1 aromatic carbocycles. The fourth-order valence-corrected chi connectivity index (χ4v) is 3.86. The maximum atomic E-state index is 14.0. The van der Waals surface area contributed by atoms with Crippen LogP contribution in [0.3, 0.4) is 0 Å². The molecule has 0 bridgehead atoms. The summed E-state index contributed by atoms with van der Waals surface area (Å²) in [4.78, 5) is 15.4. The van der Waals surface area contributed by atoms with Gasteiger partial charge in [0.25, 0.3) is 0 Å². The third-order valence-corrected chi connectivity index (χ3v) is 6.72. The normalized spacial score (nSPS) is 14.7. The Morgan fingerprint density at radius 1 is 1.26 bits per heavy atom. The highest BCUT2D eigenvalue weighted by atomic mass is 32.2. The summed E-state index contributed by atoms with van der Waals surface area (Å²) < 4.78 is 43.2. The van der Waals surface area contributed by atoms with E-state index >= 15 is 0 Å². The van der Waals surface area contributed by atoms with Crippen LogP contribution in [0.2, 0.25) is 0 Å². The summed E-state index contributed by atoms with van der Waals surface area (Å²) in [5.74, 6) is -2.01. The highest BCUT2D eigenvalue weighted by Gasteiger charge is 2.40. The van der Waals surface area contributed by atoms with Crippen LogP contribution in [0.5, 0.6) is 0 Å².